The molecule has 128 valence electrons. The molecule has 0 spiro atoms. The third kappa shape index (κ3) is 3.66. The first-order valence-electron chi connectivity index (χ1n) is 7.46. The molecule has 0 radical (unpaired) electrons. The summed E-state index contributed by atoms with van der Waals surface area (Å²) in [4.78, 5) is -0.0640. The summed E-state index contributed by atoms with van der Waals surface area (Å²) in [6, 6.07) is 7.03. The Morgan fingerprint density at radius 2 is 2.00 bits per heavy atom. The number of rotatable bonds is 4. The third-order valence-corrected chi connectivity index (χ3v) is 6.27. The molecule has 1 aromatic carbocycles. The average molecular weight is 371 g/mol. The van der Waals surface area contributed by atoms with Crippen LogP contribution in [0.1, 0.15) is 12.8 Å². The van der Waals surface area contributed by atoms with Crippen molar-refractivity contribution in [1.82, 2.24) is 14.5 Å². The molecule has 1 N–H and O–H groups in total. The molecule has 0 amide bonds. The van der Waals surface area contributed by atoms with Gasteiger partial charge < -0.3 is 5.32 Å². The molecule has 2 aromatic rings. The lowest BCUT2D eigenvalue weighted by atomic mass is 10.1. The van der Waals surface area contributed by atoms with E-state index in [1.165, 1.54) is 10.4 Å². The molecular weight excluding hydrogens is 355 g/mol. The molecule has 0 atom stereocenters. The number of benzene rings is 1. The summed E-state index contributed by atoms with van der Waals surface area (Å²) >= 11 is 5.90. The maximum atomic E-state index is 13.1. The maximum Gasteiger partial charge on any atom is 0.244 e. The Hall–Kier alpha value is -1.77. The number of piperidine rings is 1. The highest BCUT2D eigenvalue weighted by Gasteiger charge is 2.31. The van der Waals surface area contributed by atoms with E-state index >= 15 is 0 Å². The second kappa shape index (κ2) is 7.00. The van der Waals surface area contributed by atoms with Gasteiger partial charge in [0.1, 0.15) is 16.5 Å². The number of nitrogens with one attached hydrogen (secondary N) is 1. The number of sulfonamides is 1. The Morgan fingerprint density at radius 1 is 1.25 bits per heavy atom. The maximum absolute atomic E-state index is 13.1. The first-order chi connectivity index (χ1) is 11.5. The van der Waals surface area contributed by atoms with Crippen molar-refractivity contribution in [2.45, 2.75) is 23.8 Å². The monoisotopic (exact) mass is 370 g/mol. The summed E-state index contributed by atoms with van der Waals surface area (Å²) in [5, 5.41) is 10.9. The van der Waals surface area contributed by atoms with Gasteiger partial charge in [-0.1, -0.05) is 11.6 Å². The fourth-order valence-corrected chi connectivity index (χ4v) is 4.63. The van der Waals surface area contributed by atoms with Gasteiger partial charge in [0.2, 0.25) is 10.0 Å². The molecule has 1 aliphatic heterocycles. The normalized spacial score (nSPS) is 16.9. The van der Waals surface area contributed by atoms with E-state index in [0.29, 0.717) is 31.7 Å². The van der Waals surface area contributed by atoms with Crippen LogP contribution in [0.5, 0.6) is 0 Å². The number of halogens is 2. The Kier molecular flexibility index (Phi) is 4.98. The summed E-state index contributed by atoms with van der Waals surface area (Å²) in [6.07, 6.45) is 2.86. The minimum Gasteiger partial charge on any atom is -0.366 e. The molecule has 1 aromatic heterocycles. The predicted octanol–water partition coefficient (Wildman–Crippen LogP) is 2.53. The lowest BCUT2D eigenvalue weighted by Gasteiger charge is -2.31. The molecular formula is C15H16ClFN4O2S. The molecule has 24 heavy (non-hydrogen) atoms. The van der Waals surface area contributed by atoms with Crippen molar-refractivity contribution in [3.63, 3.8) is 0 Å². The van der Waals surface area contributed by atoms with E-state index in [9.17, 15) is 12.8 Å². The van der Waals surface area contributed by atoms with E-state index in [-0.39, 0.29) is 16.0 Å². The van der Waals surface area contributed by atoms with Crippen molar-refractivity contribution < 1.29 is 12.8 Å². The van der Waals surface area contributed by atoms with Crippen LogP contribution >= 0.6 is 11.6 Å². The topological polar surface area (TPSA) is 75.2 Å². The SMILES string of the molecule is O=S(=O)(c1ccc(F)cc1Cl)N1CCC(Nc2cccnn2)CC1. The smallest absolute Gasteiger partial charge is 0.244 e. The summed E-state index contributed by atoms with van der Waals surface area (Å²) < 4.78 is 39.8. The zero-order valence-corrected chi connectivity index (χ0v) is 14.3. The van der Waals surface area contributed by atoms with Crippen LogP contribution in [0.15, 0.2) is 41.4 Å². The van der Waals surface area contributed by atoms with Gasteiger partial charge in [0.25, 0.3) is 0 Å². The standard InChI is InChI=1S/C15H16ClFN4O2S/c16-13-10-11(17)3-4-14(13)24(22,23)21-8-5-12(6-9-21)19-15-2-1-7-18-20-15/h1-4,7,10,12H,5-6,8-9H2,(H,19,20). The molecule has 1 saturated heterocycles. The summed E-state index contributed by atoms with van der Waals surface area (Å²) in [6.45, 7) is 0.710. The lowest BCUT2D eigenvalue weighted by molar-refractivity contribution is 0.329. The van der Waals surface area contributed by atoms with Gasteiger partial charge >= 0.3 is 0 Å². The van der Waals surface area contributed by atoms with E-state index in [1.54, 1.807) is 12.3 Å². The summed E-state index contributed by atoms with van der Waals surface area (Å²) in [5.74, 6) is 0.103. The molecule has 9 heteroatoms. The van der Waals surface area contributed by atoms with Gasteiger partial charge in [-0.25, -0.2) is 12.8 Å². The van der Waals surface area contributed by atoms with E-state index in [1.807, 2.05) is 6.07 Å². The van der Waals surface area contributed by atoms with E-state index in [0.717, 1.165) is 12.1 Å². The fraction of sp³-hybridized carbons (Fsp3) is 0.333. The molecule has 1 fully saturated rings. The van der Waals surface area contributed by atoms with Gasteiger partial charge in [-0.15, -0.1) is 5.10 Å². The number of hydrogen-bond acceptors (Lipinski definition) is 5. The highest BCUT2D eigenvalue weighted by Crippen LogP contribution is 2.27. The zero-order chi connectivity index (χ0) is 17.2. The van der Waals surface area contributed by atoms with Crippen molar-refractivity contribution >= 4 is 27.4 Å². The van der Waals surface area contributed by atoms with Crippen molar-refractivity contribution in [3.8, 4) is 0 Å². The highest BCUT2D eigenvalue weighted by molar-refractivity contribution is 7.89. The van der Waals surface area contributed by atoms with Gasteiger partial charge in [-0.3, -0.25) is 0 Å². The average Bonchev–Trinajstić information content (AvgIpc) is 2.56. The molecule has 1 aliphatic rings. The van der Waals surface area contributed by atoms with Gasteiger partial charge in [0, 0.05) is 25.3 Å². The molecule has 3 rings (SSSR count). The van der Waals surface area contributed by atoms with Crippen molar-refractivity contribution in [3.05, 3.63) is 47.4 Å². The van der Waals surface area contributed by atoms with Gasteiger partial charge in [0.05, 0.1) is 5.02 Å². The number of nitrogens with zero attached hydrogens (tertiary/aromatic N) is 3. The Labute approximate surface area is 144 Å². The second-order valence-electron chi connectivity index (χ2n) is 5.51. The molecule has 0 aliphatic carbocycles. The minimum atomic E-state index is -3.73. The van der Waals surface area contributed by atoms with Crippen LogP contribution in [0.25, 0.3) is 0 Å². The molecule has 0 saturated carbocycles. The zero-order valence-electron chi connectivity index (χ0n) is 12.7. The quantitative estimate of drug-likeness (QED) is 0.895. The van der Waals surface area contributed by atoms with E-state index in [2.05, 4.69) is 15.5 Å². The number of hydrogen-bond donors (Lipinski definition) is 1. The molecule has 0 bridgehead atoms. The Bertz CT molecular complexity index is 811. The highest BCUT2D eigenvalue weighted by atomic mass is 35.5. The summed E-state index contributed by atoms with van der Waals surface area (Å²) in [7, 11) is -3.73. The number of anilines is 1. The van der Waals surface area contributed by atoms with Crippen LogP contribution in [-0.4, -0.2) is 42.1 Å². The lowest BCUT2D eigenvalue weighted by Crippen LogP contribution is -2.42. The van der Waals surface area contributed by atoms with Crippen LogP contribution in [0.2, 0.25) is 5.02 Å². The van der Waals surface area contributed by atoms with Crippen LogP contribution in [-0.2, 0) is 10.0 Å². The Morgan fingerprint density at radius 3 is 2.62 bits per heavy atom. The van der Waals surface area contributed by atoms with Gasteiger partial charge in [-0.05, 0) is 43.2 Å². The third-order valence-electron chi connectivity index (χ3n) is 3.89. The predicted molar refractivity (Wildman–Crippen MR) is 88.8 cm³/mol. The van der Waals surface area contributed by atoms with Gasteiger partial charge in [-0.2, -0.15) is 9.40 Å². The molecule has 2 heterocycles. The van der Waals surface area contributed by atoms with E-state index < -0.39 is 15.8 Å². The second-order valence-corrected chi connectivity index (χ2v) is 7.82. The van der Waals surface area contributed by atoms with Crippen molar-refractivity contribution in [1.29, 1.82) is 0 Å². The van der Waals surface area contributed by atoms with Crippen molar-refractivity contribution in [2.75, 3.05) is 18.4 Å². The summed E-state index contributed by atoms with van der Waals surface area (Å²) in [5.41, 5.74) is 0. The first-order valence-corrected chi connectivity index (χ1v) is 9.28. The molecule has 0 unspecified atom stereocenters. The van der Waals surface area contributed by atoms with Crippen LogP contribution < -0.4 is 5.32 Å². The fourth-order valence-electron chi connectivity index (χ4n) is 2.65. The van der Waals surface area contributed by atoms with Crippen molar-refractivity contribution in [2.24, 2.45) is 0 Å². The molecule has 6 nitrogen and oxygen atoms in total. The van der Waals surface area contributed by atoms with Gasteiger partial charge in [0.15, 0.2) is 0 Å². The largest absolute Gasteiger partial charge is 0.366 e. The first kappa shape index (κ1) is 17.1. The van der Waals surface area contributed by atoms with Crippen LogP contribution in [0, 0.1) is 5.82 Å². The Balaban J connectivity index is 1.67. The number of aromatic nitrogens is 2. The van der Waals surface area contributed by atoms with Crippen LogP contribution in [0.3, 0.4) is 0 Å². The minimum absolute atomic E-state index is 0.0640. The van der Waals surface area contributed by atoms with Crippen LogP contribution in [0.4, 0.5) is 10.2 Å². The van der Waals surface area contributed by atoms with E-state index in [4.69, 9.17) is 11.6 Å².